The fraction of sp³-hybridized carbons (Fsp3) is 0.562. The summed E-state index contributed by atoms with van der Waals surface area (Å²) in [6.45, 7) is 1.14. The van der Waals surface area contributed by atoms with Crippen LogP contribution in [0.2, 0.25) is 0 Å². The summed E-state index contributed by atoms with van der Waals surface area (Å²) >= 11 is 0. The molecule has 1 aliphatic rings. The number of carbonyl (C=O) groups excluding carboxylic acids is 1. The van der Waals surface area contributed by atoms with Crippen LogP contribution < -0.4 is 20.1 Å². The number of aliphatic hydroxyl groups excluding tert-OH is 1. The van der Waals surface area contributed by atoms with E-state index in [9.17, 15) is 9.90 Å². The average Bonchev–Trinajstić information content (AvgIpc) is 3.04. The fourth-order valence-electron chi connectivity index (χ4n) is 2.58. The van der Waals surface area contributed by atoms with E-state index in [0.29, 0.717) is 23.5 Å². The molecule has 0 aliphatic carbocycles. The summed E-state index contributed by atoms with van der Waals surface area (Å²) in [4.78, 5) is 11.9. The highest BCUT2D eigenvalue weighted by molar-refractivity contribution is 5.85. The van der Waals surface area contributed by atoms with Gasteiger partial charge in [-0.25, -0.2) is 0 Å². The minimum Gasteiger partial charge on any atom is -0.497 e. The van der Waals surface area contributed by atoms with E-state index in [1.54, 1.807) is 32.4 Å². The van der Waals surface area contributed by atoms with Gasteiger partial charge in [0, 0.05) is 25.1 Å². The maximum Gasteiger partial charge on any atom is 0.221 e. The summed E-state index contributed by atoms with van der Waals surface area (Å²) in [6.07, 6.45) is 1.80. The Morgan fingerprint density at radius 2 is 2.00 bits per heavy atom. The Morgan fingerprint density at radius 3 is 2.52 bits per heavy atom. The molecule has 0 bridgehead atoms. The summed E-state index contributed by atoms with van der Waals surface area (Å²) in [5.74, 6) is 1.16. The molecule has 130 valence electrons. The molecular formula is C16H25ClN2O4. The zero-order chi connectivity index (χ0) is 15.9. The largest absolute Gasteiger partial charge is 0.497 e. The fourth-order valence-corrected chi connectivity index (χ4v) is 2.58. The van der Waals surface area contributed by atoms with Crippen molar-refractivity contribution in [3.05, 3.63) is 23.8 Å². The van der Waals surface area contributed by atoms with Crippen molar-refractivity contribution in [1.29, 1.82) is 0 Å². The van der Waals surface area contributed by atoms with Gasteiger partial charge in [-0.1, -0.05) is 0 Å². The number of aliphatic hydroxyl groups is 1. The molecule has 7 heteroatoms. The summed E-state index contributed by atoms with van der Waals surface area (Å²) < 4.78 is 10.4. The summed E-state index contributed by atoms with van der Waals surface area (Å²) in [5.41, 5.74) is 0.649. The van der Waals surface area contributed by atoms with Crippen molar-refractivity contribution in [2.45, 2.75) is 31.4 Å². The van der Waals surface area contributed by atoms with E-state index in [0.717, 1.165) is 19.4 Å². The van der Waals surface area contributed by atoms with Crippen molar-refractivity contribution in [1.82, 2.24) is 10.6 Å². The smallest absolute Gasteiger partial charge is 0.221 e. The van der Waals surface area contributed by atoms with Crippen molar-refractivity contribution in [2.24, 2.45) is 0 Å². The van der Waals surface area contributed by atoms with Crippen molar-refractivity contribution < 1.29 is 19.4 Å². The first-order valence-corrected chi connectivity index (χ1v) is 7.53. The SMILES string of the molecule is COc1cc(OC)cc(C(O)CNC(=O)CC2CCCN2)c1.Cl. The monoisotopic (exact) mass is 344 g/mol. The molecule has 1 aromatic carbocycles. The minimum atomic E-state index is -0.801. The predicted molar refractivity (Wildman–Crippen MR) is 90.4 cm³/mol. The van der Waals surface area contributed by atoms with Crippen molar-refractivity contribution >= 4 is 18.3 Å². The van der Waals surface area contributed by atoms with E-state index in [2.05, 4.69) is 10.6 Å². The van der Waals surface area contributed by atoms with Gasteiger partial charge in [0.25, 0.3) is 0 Å². The summed E-state index contributed by atoms with van der Waals surface area (Å²) in [5, 5.41) is 16.3. The molecule has 0 spiro atoms. The molecule has 0 saturated carbocycles. The Balaban J connectivity index is 0.00000264. The van der Waals surface area contributed by atoms with Gasteiger partial charge in [0.1, 0.15) is 11.5 Å². The van der Waals surface area contributed by atoms with E-state index in [1.165, 1.54) is 0 Å². The lowest BCUT2D eigenvalue weighted by Crippen LogP contribution is -2.34. The van der Waals surface area contributed by atoms with Gasteiger partial charge >= 0.3 is 0 Å². The minimum absolute atomic E-state index is 0. The van der Waals surface area contributed by atoms with Crippen LogP contribution >= 0.6 is 12.4 Å². The van der Waals surface area contributed by atoms with Crippen LogP contribution in [0.5, 0.6) is 11.5 Å². The second-order valence-corrected chi connectivity index (χ2v) is 5.46. The number of hydrogen-bond donors (Lipinski definition) is 3. The summed E-state index contributed by atoms with van der Waals surface area (Å²) in [6, 6.07) is 5.46. The van der Waals surface area contributed by atoms with Crippen LogP contribution in [0.4, 0.5) is 0 Å². The first kappa shape index (κ1) is 19.5. The molecule has 1 aliphatic heterocycles. The molecule has 3 N–H and O–H groups in total. The number of nitrogens with one attached hydrogen (secondary N) is 2. The molecule has 1 saturated heterocycles. The van der Waals surface area contributed by atoms with Gasteiger partial charge in [-0.3, -0.25) is 4.79 Å². The van der Waals surface area contributed by atoms with E-state index in [-0.39, 0.29) is 30.9 Å². The molecule has 1 amide bonds. The zero-order valence-corrected chi connectivity index (χ0v) is 14.3. The molecule has 1 fully saturated rings. The number of ether oxygens (including phenoxy) is 2. The molecule has 2 atom stereocenters. The number of rotatable bonds is 7. The van der Waals surface area contributed by atoms with Gasteiger partial charge in [0.15, 0.2) is 0 Å². The molecule has 2 unspecified atom stereocenters. The van der Waals surface area contributed by atoms with Gasteiger partial charge in [0.2, 0.25) is 5.91 Å². The van der Waals surface area contributed by atoms with Crippen molar-refractivity contribution in [2.75, 3.05) is 27.3 Å². The number of methoxy groups -OCH3 is 2. The van der Waals surface area contributed by atoms with Crippen LogP contribution in [0.1, 0.15) is 30.9 Å². The molecule has 0 radical (unpaired) electrons. The third-order valence-electron chi connectivity index (χ3n) is 3.85. The van der Waals surface area contributed by atoms with Crippen molar-refractivity contribution in [3.8, 4) is 11.5 Å². The maximum absolute atomic E-state index is 11.9. The number of carbonyl (C=O) groups is 1. The Morgan fingerprint density at radius 1 is 1.35 bits per heavy atom. The lowest BCUT2D eigenvalue weighted by atomic mass is 10.1. The number of benzene rings is 1. The van der Waals surface area contributed by atoms with Gasteiger partial charge < -0.3 is 25.2 Å². The Kier molecular flexibility index (Phi) is 8.16. The maximum atomic E-state index is 11.9. The molecular weight excluding hydrogens is 320 g/mol. The van der Waals surface area contributed by atoms with Crippen LogP contribution in [-0.4, -0.2) is 44.4 Å². The highest BCUT2D eigenvalue weighted by Crippen LogP contribution is 2.26. The van der Waals surface area contributed by atoms with Crippen LogP contribution in [-0.2, 0) is 4.79 Å². The summed E-state index contributed by atoms with van der Waals surface area (Å²) in [7, 11) is 3.11. The highest BCUT2D eigenvalue weighted by atomic mass is 35.5. The first-order valence-electron chi connectivity index (χ1n) is 7.53. The number of hydrogen-bond acceptors (Lipinski definition) is 5. The van der Waals surface area contributed by atoms with Crippen LogP contribution in [0.15, 0.2) is 18.2 Å². The number of halogens is 1. The second kappa shape index (κ2) is 9.60. The Bertz CT molecular complexity index is 485. The van der Waals surface area contributed by atoms with Gasteiger partial charge in [-0.05, 0) is 37.1 Å². The van der Waals surface area contributed by atoms with Gasteiger partial charge in [-0.2, -0.15) is 0 Å². The second-order valence-electron chi connectivity index (χ2n) is 5.46. The highest BCUT2D eigenvalue weighted by Gasteiger charge is 2.18. The van der Waals surface area contributed by atoms with Gasteiger partial charge in [-0.15, -0.1) is 12.4 Å². The Hall–Kier alpha value is -1.50. The van der Waals surface area contributed by atoms with Crippen LogP contribution in [0, 0.1) is 0 Å². The molecule has 1 aromatic rings. The third kappa shape index (κ3) is 5.89. The molecule has 6 nitrogen and oxygen atoms in total. The molecule has 23 heavy (non-hydrogen) atoms. The molecule has 1 heterocycles. The third-order valence-corrected chi connectivity index (χ3v) is 3.85. The standard InChI is InChI=1S/C16H24N2O4.ClH/c1-21-13-6-11(7-14(9-13)22-2)15(19)10-18-16(20)8-12-4-3-5-17-12;/h6-7,9,12,15,17,19H,3-5,8,10H2,1-2H3,(H,18,20);1H. The lowest BCUT2D eigenvalue weighted by Gasteiger charge is -2.16. The average molecular weight is 345 g/mol. The molecule has 0 aromatic heterocycles. The first-order chi connectivity index (χ1) is 10.6. The lowest BCUT2D eigenvalue weighted by molar-refractivity contribution is -0.122. The van der Waals surface area contributed by atoms with E-state index in [1.807, 2.05) is 0 Å². The Labute approximate surface area is 143 Å². The predicted octanol–water partition coefficient (Wildman–Crippen LogP) is 1.42. The normalized spacial score (nSPS) is 18.0. The number of amides is 1. The van der Waals surface area contributed by atoms with Gasteiger partial charge in [0.05, 0.1) is 20.3 Å². The van der Waals surface area contributed by atoms with E-state index < -0.39 is 6.10 Å². The quantitative estimate of drug-likeness (QED) is 0.697. The van der Waals surface area contributed by atoms with Crippen LogP contribution in [0.3, 0.4) is 0 Å². The topological polar surface area (TPSA) is 79.8 Å². The molecule has 2 rings (SSSR count). The van der Waals surface area contributed by atoms with Crippen LogP contribution in [0.25, 0.3) is 0 Å². The van der Waals surface area contributed by atoms with E-state index >= 15 is 0 Å². The zero-order valence-electron chi connectivity index (χ0n) is 13.5. The van der Waals surface area contributed by atoms with E-state index in [4.69, 9.17) is 9.47 Å². The van der Waals surface area contributed by atoms with Crippen molar-refractivity contribution in [3.63, 3.8) is 0 Å².